The molecule has 1 aliphatic heterocycles. The van der Waals surface area contributed by atoms with Gasteiger partial charge in [0, 0.05) is 19.0 Å². The molecule has 1 aromatic rings. The lowest BCUT2D eigenvalue weighted by atomic mass is 9.82. The van der Waals surface area contributed by atoms with Crippen LogP contribution in [-0.4, -0.2) is 16.8 Å². The normalized spacial score (nSPS) is 19.6. The fraction of sp³-hybridized carbons (Fsp3) is 0.417. The number of aromatic nitrogens is 1. The Morgan fingerprint density at radius 3 is 2.41 bits per heavy atom. The smallest absolute Gasteiger partial charge is 0.235 e. The fourth-order valence-corrected chi connectivity index (χ4v) is 2.39. The third-order valence-electron chi connectivity index (χ3n) is 2.71. The Balaban J connectivity index is 2.38. The number of imide groups is 1. The number of hydrogen-bond acceptors (Lipinski definition) is 3. The predicted octanol–water partition coefficient (Wildman–Crippen LogP) is 2.52. The molecule has 1 aromatic heterocycles. The van der Waals surface area contributed by atoms with E-state index in [9.17, 15) is 9.59 Å². The second-order valence-electron chi connectivity index (χ2n) is 4.95. The van der Waals surface area contributed by atoms with Crippen LogP contribution in [0.1, 0.15) is 26.7 Å². The number of halogens is 1. The van der Waals surface area contributed by atoms with Gasteiger partial charge in [0.05, 0.1) is 4.47 Å². The van der Waals surface area contributed by atoms with Gasteiger partial charge in [0.15, 0.2) is 5.82 Å². The first kappa shape index (κ1) is 12.2. The number of carbonyl (C=O) groups excluding carboxylic acids is 2. The Hall–Kier alpha value is -1.23. The number of nitrogens with zero attached hydrogens (tertiary/aromatic N) is 2. The molecule has 1 saturated heterocycles. The zero-order valence-electron chi connectivity index (χ0n) is 9.74. The van der Waals surface area contributed by atoms with Crippen LogP contribution in [0.2, 0.25) is 0 Å². The molecule has 1 aliphatic rings. The topological polar surface area (TPSA) is 50.3 Å². The largest absolute Gasteiger partial charge is 0.274 e. The third-order valence-corrected chi connectivity index (χ3v) is 3.33. The summed E-state index contributed by atoms with van der Waals surface area (Å²) in [6.45, 7) is 3.85. The molecule has 0 atom stereocenters. The minimum Gasteiger partial charge on any atom is -0.274 e. The van der Waals surface area contributed by atoms with Gasteiger partial charge in [0.2, 0.25) is 11.8 Å². The maximum absolute atomic E-state index is 12.0. The van der Waals surface area contributed by atoms with Crippen molar-refractivity contribution in [3.05, 3.63) is 22.8 Å². The van der Waals surface area contributed by atoms with Gasteiger partial charge in [-0.2, -0.15) is 0 Å². The van der Waals surface area contributed by atoms with Crippen molar-refractivity contribution in [3.63, 3.8) is 0 Å². The second-order valence-corrected chi connectivity index (χ2v) is 5.80. The molecule has 90 valence electrons. The maximum Gasteiger partial charge on any atom is 0.235 e. The van der Waals surface area contributed by atoms with E-state index < -0.39 is 0 Å². The lowest BCUT2D eigenvalue weighted by molar-refractivity contribution is -0.132. The highest BCUT2D eigenvalue weighted by Crippen LogP contribution is 2.35. The summed E-state index contributed by atoms with van der Waals surface area (Å²) in [5, 5.41) is 0. The van der Waals surface area contributed by atoms with Crippen molar-refractivity contribution in [2.24, 2.45) is 5.41 Å². The summed E-state index contributed by atoms with van der Waals surface area (Å²) in [5.74, 6) is 0.00861. The Kier molecular flexibility index (Phi) is 3.03. The van der Waals surface area contributed by atoms with E-state index in [2.05, 4.69) is 20.9 Å². The summed E-state index contributed by atoms with van der Waals surface area (Å²) in [6, 6.07) is 3.51. The molecule has 17 heavy (non-hydrogen) atoms. The van der Waals surface area contributed by atoms with Gasteiger partial charge in [-0.25, -0.2) is 9.88 Å². The number of carbonyl (C=O) groups is 2. The molecule has 0 radical (unpaired) electrons. The summed E-state index contributed by atoms with van der Waals surface area (Å²) in [6.07, 6.45) is 2.30. The van der Waals surface area contributed by atoms with Gasteiger partial charge in [-0.15, -0.1) is 0 Å². The second kappa shape index (κ2) is 4.22. The molecular formula is C12H13BrN2O2. The van der Waals surface area contributed by atoms with Gasteiger partial charge >= 0.3 is 0 Å². The van der Waals surface area contributed by atoms with Crippen molar-refractivity contribution in [2.45, 2.75) is 26.7 Å². The van der Waals surface area contributed by atoms with E-state index >= 15 is 0 Å². The van der Waals surface area contributed by atoms with Crippen LogP contribution < -0.4 is 4.90 Å². The minimum atomic E-state index is -0.258. The van der Waals surface area contributed by atoms with Gasteiger partial charge in [-0.3, -0.25) is 9.59 Å². The minimum absolute atomic E-state index is 0.189. The highest BCUT2D eigenvalue weighted by molar-refractivity contribution is 9.10. The molecule has 2 amide bonds. The van der Waals surface area contributed by atoms with E-state index in [1.54, 1.807) is 18.3 Å². The van der Waals surface area contributed by atoms with Gasteiger partial charge in [0.1, 0.15) is 0 Å². The maximum atomic E-state index is 12.0. The van der Waals surface area contributed by atoms with Crippen molar-refractivity contribution in [1.29, 1.82) is 0 Å². The van der Waals surface area contributed by atoms with Crippen LogP contribution >= 0.6 is 15.9 Å². The molecule has 4 nitrogen and oxygen atoms in total. The number of hydrogen-bond donors (Lipinski definition) is 0. The van der Waals surface area contributed by atoms with Gasteiger partial charge in [0.25, 0.3) is 0 Å². The monoisotopic (exact) mass is 296 g/mol. The average Bonchev–Trinajstić information content (AvgIpc) is 2.17. The molecule has 0 saturated carbocycles. The van der Waals surface area contributed by atoms with Crippen LogP contribution in [0.5, 0.6) is 0 Å². The van der Waals surface area contributed by atoms with E-state index in [1.807, 2.05) is 13.8 Å². The Morgan fingerprint density at radius 1 is 1.29 bits per heavy atom. The van der Waals surface area contributed by atoms with Crippen molar-refractivity contribution in [1.82, 2.24) is 4.98 Å². The van der Waals surface area contributed by atoms with Gasteiger partial charge in [-0.05, 0) is 33.5 Å². The first-order chi connectivity index (χ1) is 7.91. The number of rotatable bonds is 1. The number of pyridine rings is 1. The average molecular weight is 297 g/mol. The van der Waals surface area contributed by atoms with E-state index in [4.69, 9.17) is 0 Å². The quantitative estimate of drug-likeness (QED) is 0.748. The van der Waals surface area contributed by atoms with Crippen LogP contribution in [0.4, 0.5) is 5.82 Å². The molecule has 0 aliphatic carbocycles. The molecule has 0 unspecified atom stereocenters. The number of amides is 2. The van der Waals surface area contributed by atoms with Crippen LogP contribution in [0, 0.1) is 5.41 Å². The van der Waals surface area contributed by atoms with Crippen LogP contribution in [0.25, 0.3) is 0 Å². The summed E-state index contributed by atoms with van der Waals surface area (Å²) in [7, 11) is 0. The summed E-state index contributed by atoms with van der Waals surface area (Å²) < 4.78 is 0.654. The molecule has 0 aromatic carbocycles. The Bertz CT molecular complexity index is 465. The van der Waals surface area contributed by atoms with Crippen LogP contribution in [0.15, 0.2) is 22.8 Å². The van der Waals surface area contributed by atoms with Crippen LogP contribution in [-0.2, 0) is 9.59 Å². The molecule has 5 heteroatoms. The van der Waals surface area contributed by atoms with E-state index in [0.29, 0.717) is 23.1 Å². The molecule has 2 rings (SSSR count). The van der Waals surface area contributed by atoms with E-state index in [0.717, 1.165) is 0 Å². The summed E-state index contributed by atoms with van der Waals surface area (Å²) >= 11 is 3.31. The van der Waals surface area contributed by atoms with Crippen LogP contribution in [0.3, 0.4) is 0 Å². The molecule has 0 spiro atoms. The lowest BCUT2D eigenvalue weighted by Gasteiger charge is -2.34. The highest BCUT2D eigenvalue weighted by Gasteiger charge is 2.39. The summed E-state index contributed by atoms with van der Waals surface area (Å²) in [5.41, 5.74) is -0.258. The standard InChI is InChI=1S/C12H13BrN2O2/c1-12(2)6-9(16)15(10(17)7-12)11-8(13)4-3-5-14-11/h3-5H,6-7H2,1-2H3. The fourth-order valence-electron chi connectivity index (χ4n) is 1.96. The molecule has 1 fully saturated rings. The molecule has 2 heterocycles. The lowest BCUT2D eigenvalue weighted by Crippen LogP contribution is -2.46. The predicted molar refractivity (Wildman–Crippen MR) is 67.4 cm³/mol. The molecule has 0 bridgehead atoms. The summed E-state index contributed by atoms with van der Waals surface area (Å²) in [4.78, 5) is 29.3. The number of anilines is 1. The number of piperidine rings is 1. The zero-order valence-corrected chi connectivity index (χ0v) is 11.3. The highest BCUT2D eigenvalue weighted by atomic mass is 79.9. The first-order valence-corrected chi connectivity index (χ1v) is 6.16. The third kappa shape index (κ3) is 2.39. The van der Waals surface area contributed by atoms with Gasteiger partial charge in [-0.1, -0.05) is 13.8 Å². The van der Waals surface area contributed by atoms with E-state index in [-0.39, 0.29) is 17.2 Å². The zero-order chi connectivity index (χ0) is 12.6. The van der Waals surface area contributed by atoms with Crippen molar-refractivity contribution in [3.8, 4) is 0 Å². The first-order valence-electron chi connectivity index (χ1n) is 5.37. The Morgan fingerprint density at radius 2 is 1.88 bits per heavy atom. The molecular weight excluding hydrogens is 284 g/mol. The van der Waals surface area contributed by atoms with Crippen molar-refractivity contribution >= 4 is 33.6 Å². The van der Waals surface area contributed by atoms with E-state index in [1.165, 1.54) is 4.90 Å². The Labute approximate surface area is 108 Å². The SMILES string of the molecule is CC1(C)CC(=O)N(c2ncccc2Br)C(=O)C1. The van der Waals surface area contributed by atoms with Crippen molar-refractivity contribution < 1.29 is 9.59 Å². The molecule has 0 N–H and O–H groups in total. The van der Waals surface area contributed by atoms with Gasteiger partial charge < -0.3 is 0 Å². The van der Waals surface area contributed by atoms with Crippen molar-refractivity contribution in [2.75, 3.05) is 4.90 Å².